The molecule has 0 bridgehead atoms. The van der Waals surface area contributed by atoms with E-state index in [9.17, 15) is 0 Å². The van der Waals surface area contributed by atoms with Crippen LogP contribution in [0.25, 0.3) is 0 Å². The van der Waals surface area contributed by atoms with Crippen LogP contribution in [0.2, 0.25) is 0 Å². The monoisotopic (exact) mass is 256 g/mol. The van der Waals surface area contributed by atoms with Crippen LogP contribution in [0.1, 0.15) is 38.5 Å². The van der Waals surface area contributed by atoms with Crippen LogP contribution in [-0.2, 0) is 4.74 Å². The average Bonchev–Trinajstić information content (AvgIpc) is 2.40. The molecule has 0 aromatic carbocycles. The van der Waals surface area contributed by atoms with E-state index < -0.39 is 0 Å². The van der Waals surface area contributed by atoms with Crippen molar-refractivity contribution in [1.29, 1.82) is 0 Å². The second kappa shape index (κ2) is 9.16. The van der Waals surface area contributed by atoms with Crippen molar-refractivity contribution in [3.63, 3.8) is 0 Å². The first-order valence-corrected chi connectivity index (χ1v) is 6.99. The van der Waals surface area contributed by atoms with Crippen molar-refractivity contribution in [3.8, 4) is 0 Å². The molecule has 0 unspecified atom stereocenters. The number of methoxy groups -OCH3 is 1. The Morgan fingerprint density at radius 3 is 2.72 bits per heavy atom. The minimum atomic E-state index is 0.744. The summed E-state index contributed by atoms with van der Waals surface area (Å²) in [5, 5.41) is 0. The number of hydrogen-bond acceptors (Lipinski definition) is 3. The second-order valence-electron chi connectivity index (χ2n) is 5.08. The van der Waals surface area contributed by atoms with Crippen LogP contribution in [0.5, 0.6) is 0 Å². The number of nitrogens with zero attached hydrogens (tertiary/aromatic N) is 2. The summed E-state index contributed by atoms with van der Waals surface area (Å²) in [5.74, 6) is 7.12. The van der Waals surface area contributed by atoms with Crippen molar-refractivity contribution < 1.29 is 4.74 Å². The van der Waals surface area contributed by atoms with E-state index in [4.69, 9.17) is 10.6 Å². The topological polar surface area (TPSA) is 62.9 Å². The van der Waals surface area contributed by atoms with Gasteiger partial charge in [0.1, 0.15) is 0 Å². The fraction of sp³-hybridized carbons (Fsp3) is 0.923. The zero-order chi connectivity index (χ0) is 13.2. The van der Waals surface area contributed by atoms with Gasteiger partial charge in [-0.2, -0.15) is 0 Å². The number of aliphatic imine (C=N–C) groups is 1. The van der Waals surface area contributed by atoms with Crippen LogP contribution in [0.4, 0.5) is 0 Å². The third-order valence-corrected chi connectivity index (χ3v) is 3.52. The molecule has 5 nitrogen and oxygen atoms in total. The lowest BCUT2D eigenvalue weighted by Crippen LogP contribution is -2.45. The van der Waals surface area contributed by atoms with Gasteiger partial charge in [-0.25, -0.2) is 5.84 Å². The van der Waals surface area contributed by atoms with Crippen LogP contribution in [-0.4, -0.2) is 44.7 Å². The molecule has 106 valence electrons. The Labute approximate surface area is 111 Å². The summed E-state index contributed by atoms with van der Waals surface area (Å²) >= 11 is 0. The molecule has 18 heavy (non-hydrogen) atoms. The van der Waals surface area contributed by atoms with E-state index in [-0.39, 0.29) is 0 Å². The molecule has 1 aliphatic carbocycles. The van der Waals surface area contributed by atoms with E-state index in [1.807, 2.05) is 0 Å². The molecule has 5 heteroatoms. The zero-order valence-electron chi connectivity index (χ0n) is 11.8. The summed E-state index contributed by atoms with van der Waals surface area (Å²) < 4.78 is 5.00. The standard InChI is InChI=1S/C13H28N4O/c1-17(11-12-7-4-3-5-8-12)13(16-14)15-9-6-10-18-2/h12H,3-11,14H2,1-2H3,(H,15,16). The molecule has 0 heterocycles. The largest absolute Gasteiger partial charge is 0.385 e. The van der Waals surface area contributed by atoms with Gasteiger partial charge in [-0.05, 0) is 25.2 Å². The molecule has 0 aromatic rings. The number of nitrogens with one attached hydrogen (secondary N) is 1. The fourth-order valence-electron chi connectivity index (χ4n) is 2.51. The lowest BCUT2D eigenvalue weighted by Gasteiger charge is -2.28. The number of rotatable bonds is 6. The first-order chi connectivity index (χ1) is 8.77. The molecule has 0 radical (unpaired) electrons. The van der Waals surface area contributed by atoms with Crippen LogP contribution in [0.3, 0.4) is 0 Å². The van der Waals surface area contributed by atoms with Crippen LogP contribution in [0, 0.1) is 5.92 Å². The number of ether oxygens (including phenoxy) is 1. The molecule has 0 atom stereocenters. The molecule has 0 aromatic heterocycles. The number of guanidine groups is 1. The van der Waals surface area contributed by atoms with Crippen LogP contribution < -0.4 is 11.3 Å². The van der Waals surface area contributed by atoms with Crippen molar-refractivity contribution >= 4 is 5.96 Å². The second-order valence-corrected chi connectivity index (χ2v) is 5.08. The average molecular weight is 256 g/mol. The lowest BCUT2D eigenvalue weighted by atomic mass is 9.89. The SMILES string of the molecule is COCCCN=C(NN)N(C)CC1CCCCC1. The molecule has 1 saturated carbocycles. The van der Waals surface area contributed by atoms with Crippen molar-refractivity contribution in [2.24, 2.45) is 16.8 Å². The molecular formula is C13H28N4O. The van der Waals surface area contributed by atoms with E-state index in [1.165, 1.54) is 32.1 Å². The number of hydrogen-bond donors (Lipinski definition) is 2. The van der Waals surface area contributed by atoms with Crippen LogP contribution >= 0.6 is 0 Å². The summed E-state index contributed by atoms with van der Waals surface area (Å²) in [4.78, 5) is 6.61. The quantitative estimate of drug-likeness (QED) is 0.248. The summed E-state index contributed by atoms with van der Waals surface area (Å²) in [7, 11) is 3.77. The summed E-state index contributed by atoms with van der Waals surface area (Å²) in [6, 6.07) is 0. The van der Waals surface area contributed by atoms with E-state index in [2.05, 4.69) is 22.4 Å². The van der Waals surface area contributed by atoms with Gasteiger partial charge in [0.25, 0.3) is 0 Å². The summed E-state index contributed by atoms with van der Waals surface area (Å²) in [6.07, 6.45) is 7.74. The maximum Gasteiger partial charge on any atom is 0.208 e. The molecule has 1 fully saturated rings. The van der Waals surface area contributed by atoms with Gasteiger partial charge in [0.2, 0.25) is 5.96 Å². The highest BCUT2D eigenvalue weighted by atomic mass is 16.5. The van der Waals surface area contributed by atoms with E-state index in [0.717, 1.165) is 38.0 Å². The Bertz CT molecular complexity index is 239. The molecule has 0 aliphatic heterocycles. The van der Waals surface area contributed by atoms with E-state index in [0.29, 0.717) is 0 Å². The molecule has 0 amide bonds. The Morgan fingerprint density at radius 2 is 2.11 bits per heavy atom. The third kappa shape index (κ3) is 5.69. The Balaban J connectivity index is 2.32. The van der Waals surface area contributed by atoms with Gasteiger partial charge in [0.15, 0.2) is 0 Å². The Hall–Kier alpha value is -0.810. The maximum atomic E-state index is 5.54. The predicted molar refractivity (Wildman–Crippen MR) is 75.3 cm³/mol. The van der Waals surface area contributed by atoms with Gasteiger partial charge in [-0.3, -0.25) is 10.4 Å². The molecule has 3 N–H and O–H groups in total. The molecule has 1 aliphatic rings. The Kier molecular flexibility index (Phi) is 7.76. The molecule has 0 saturated heterocycles. The fourth-order valence-corrected chi connectivity index (χ4v) is 2.51. The van der Waals surface area contributed by atoms with E-state index in [1.54, 1.807) is 7.11 Å². The number of hydrazine groups is 1. The van der Waals surface area contributed by atoms with Gasteiger partial charge in [0.05, 0.1) is 0 Å². The minimum absolute atomic E-state index is 0.744. The normalized spacial score (nSPS) is 17.8. The minimum Gasteiger partial charge on any atom is -0.385 e. The molecule has 1 rings (SSSR count). The highest BCUT2D eigenvalue weighted by Gasteiger charge is 2.16. The van der Waals surface area contributed by atoms with Gasteiger partial charge in [-0.1, -0.05) is 19.3 Å². The predicted octanol–water partition coefficient (Wildman–Crippen LogP) is 1.35. The van der Waals surface area contributed by atoms with Crippen molar-refractivity contribution in [1.82, 2.24) is 10.3 Å². The van der Waals surface area contributed by atoms with Crippen molar-refractivity contribution in [2.75, 3.05) is 33.9 Å². The highest BCUT2D eigenvalue weighted by molar-refractivity contribution is 5.79. The first-order valence-electron chi connectivity index (χ1n) is 6.99. The smallest absolute Gasteiger partial charge is 0.208 e. The van der Waals surface area contributed by atoms with Crippen molar-refractivity contribution in [3.05, 3.63) is 0 Å². The summed E-state index contributed by atoms with van der Waals surface area (Å²) in [5.41, 5.74) is 2.70. The van der Waals surface area contributed by atoms with Crippen LogP contribution in [0.15, 0.2) is 4.99 Å². The highest BCUT2D eigenvalue weighted by Crippen LogP contribution is 2.23. The Morgan fingerprint density at radius 1 is 1.39 bits per heavy atom. The lowest BCUT2D eigenvalue weighted by molar-refractivity contribution is 0.196. The number of nitrogens with two attached hydrogens (primary N) is 1. The maximum absolute atomic E-state index is 5.54. The third-order valence-electron chi connectivity index (χ3n) is 3.52. The van der Waals surface area contributed by atoms with Gasteiger partial charge in [-0.15, -0.1) is 0 Å². The zero-order valence-corrected chi connectivity index (χ0v) is 11.8. The molecular weight excluding hydrogens is 228 g/mol. The molecule has 0 spiro atoms. The van der Waals surface area contributed by atoms with Gasteiger partial charge in [0, 0.05) is 33.9 Å². The van der Waals surface area contributed by atoms with E-state index >= 15 is 0 Å². The van der Waals surface area contributed by atoms with Gasteiger partial charge >= 0.3 is 0 Å². The first kappa shape index (κ1) is 15.2. The van der Waals surface area contributed by atoms with Gasteiger partial charge < -0.3 is 9.64 Å². The van der Waals surface area contributed by atoms with Crippen molar-refractivity contribution in [2.45, 2.75) is 38.5 Å². The summed E-state index contributed by atoms with van der Waals surface area (Å²) in [6.45, 7) is 2.55.